The summed E-state index contributed by atoms with van der Waals surface area (Å²) in [5, 5.41) is 11.0. The summed E-state index contributed by atoms with van der Waals surface area (Å²) in [7, 11) is 0. The third-order valence-corrected chi connectivity index (χ3v) is 2.67. The lowest BCUT2D eigenvalue weighted by molar-refractivity contribution is 0.283. The Bertz CT molecular complexity index is 415. The zero-order chi connectivity index (χ0) is 8.55. The van der Waals surface area contributed by atoms with Gasteiger partial charge in [-0.15, -0.1) is 11.3 Å². The lowest BCUT2D eigenvalue weighted by atomic mass is 10.3. The number of aliphatic hydroxyl groups is 1. The average Bonchev–Trinajstić information content (AvgIpc) is 2.46. The first kappa shape index (κ1) is 7.91. The Kier molecular flexibility index (Phi) is 1.96. The lowest BCUT2D eigenvalue weighted by Crippen LogP contribution is -1.84. The summed E-state index contributed by atoms with van der Waals surface area (Å²) in [4.78, 5) is 7.85. The van der Waals surface area contributed by atoms with E-state index in [1.807, 2.05) is 5.38 Å². The van der Waals surface area contributed by atoms with Crippen molar-refractivity contribution in [1.29, 1.82) is 0 Å². The number of halogens is 1. The molecule has 2 heterocycles. The molecule has 0 aliphatic rings. The molecule has 0 bridgehead atoms. The molecular weight excluding hydrogens is 196 g/mol. The van der Waals surface area contributed by atoms with Crippen LogP contribution in [0, 0.1) is 0 Å². The van der Waals surface area contributed by atoms with Gasteiger partial charge in [-0.3, -0.25) is 0 Å². The first-order chi connectivity index (χ1) is 5.81. The molecule has 0 amide bonds. The van der Waals surface area contributed by atoms with E-state index in [0.717, 1.165) is 15.8 Å². The highest BCUT2D eigenvalue weighted by molar-refractivity contribution is 7.17. The van der Waals surface area contributed by atoms with Gasteiger partial charge < -0.3 is 5.11 Å². The minimum absolute atomic E-state index is 0.00660. The third-order valence-electron chi connectivity index (χ3n) is 1.53. The van der Waals surface area contributed by atoms with Gasteiger partial charge >= 0.3 is 0 Å². The fourth-order valence-corrected chi connectivity index (χ4v) is 1.96. The van der Waals surface area contributed by atoms with E-state index >= 15 is 0 Å². The van der Waals surface area contributed by atoms with Crippen LogP contribution < -0.4 is 0 Å². The maximum Gasteiger partial charge on any atom is 0.222 e. The number of thiophene rings is 1. The fraction of sp³-hybridized carbons (Fsp3) is 0.143. The molecule has 0 aromatic carbocycles. The van der Waals surface area contributed by atoms with Crippen molar-refractivity contribution in [2.24, 2.45) is 0 Å². The van der Waals surface area contributed by atoms with Crippen LogP contribution in [0.15, 0.2) is 11.6 Å². The molecule has 2 rings (SSSR count). The van der Waals surface area contributed by atoms with Gasteiger partial charge in [0.25, 0.3) is 0 Å². The zero-order valence-corrected chi connectivity index (χ0v) is 7.56. The van der Waals surface area contributed by atoms with Crippen molar-refractivity contribution < 1.29 is 5.11 Å². The van der Waals surface area contributed by atoms with E-state index in [-0.39, 0.29) is 11.9 Å². The second-order valence-corrected chi connectivity index (χ2v) is 3.52. The number of hydrogen-bond donors (Lipinski definition) is 1. The topological polar surface area (TPSA) is 46.0 Å². The van der Waals surface area contributed by atoms with Crippen LogP contribution in [0.25, 0.3) is 10.2 Å². The number of aliphatic hydroxyl groups excluding tert-OH is 1. The van der Waals surface area contributed by atoms with Crippen LogP contribution in [0.3, 0.4) is 0 Å². The smallest absolute Gasteiger partial charge is 0.222 e. The van der Waals surface area contributed by atoms with Crippen LogP contribution in [-0.2, 0) is 6.61 Å². The molecule has 0 aliphatic heterocycles. The Morgan fingerprint density at radius 1 is 1.58 bits per heavy atom. The van der Waals surface area contributed by atoms with Gasteiger partial charge in [0.15, 0.2) is 0 Å². The van der Waals surface area contributed by atoms with Gasteiger partial charge in [0, 0.05) is 11.8 Å². The Hall–Kier alpha value is -0.710. The highest BCUT2D eigenvalue weighted by atomic mass is 35.5. The molecule has 0 spiro atoms. The molecule has 0 atom stereocenters. The minimum atomic E-state index is -0.00660. The van der Waals surface area contributed by atoms with Crippen molar-refractivity contribution in [2.45, 2.75) is 6.61 Å². The zero-order valence-electron chi connectivity index (χ0n) is 5.99. The van der Waals surface area contributed by atoms with Gasteiger partial charge in [-0.05, 0) is 17.0 Å². The van der Waals surface area contributed by atoms with Crippen molar-refractivity contribution in [3.05, 3.63) is 22.4 Å². The second kappa shape index (κ2) is 2.97. The van der Waals surface area contributed by atoms with Gasteiger partial charge in [0.05, 0.1) is 16.8 Å². The van der Waals surface area contributed by atoms with Crippen molar-refractivity contribution in [2.75, 3.05) is 0 Å². The molecule has 0 saturated heterocycles. The van der Waals surface area contributed by atoms with Crippen molar-refractivity contribution in [1.82, 2.24) is 9.97 Å². The summed E-state index contributed by atoms with van der Waals surface area (Å²) in [6.45, 7) is -0.00660. The SMILES string of the molecule is OCc1csc2cnc(Cl)nc12. The number of fused-ring (bicyclic) bond motifs is 1. The predicted octanol–water partition coefficient (Wildman–Crippen LogP) is 1.84. The van der Waals surface area contributed by atoms with Gasteiger partial charge in [0.1, 0.15) is 0 Å². The number of nitrogens with zero attached hydrogens (tertiary/aromatic N) is 2. The van der Waals surface area contributed by atoms with Crippen LogP contribution in [0.2, 0.25) is 5.28 Å². The normalized spacial score (nSPS) is 10.8. The van der Waals surface area contributed by atoms with E-state index < -0.39 is 0 Å². The highest BCUT2D eigenvalue weighted by Crippen LogP contribution is 2.24. The summed E-state index contributed by atoms with van der Waals surface area (Å²) >= 11 is 7.11. The molecular formula is C7H5ClN2OS. The number of hydrogen-bond acceptors (Lipinski definition) is 4. The third kappa shape index (κ3) is 1.18. The van der Waals surface area contributed by atoms with Crippen LogP contribution in [-0.4, -0.2) is 15.1 Å². The summed E-state index contributed by atoms with van der Waals surface area (Å²) in [6.07, 6.45) is 1.66. The summed E-state index contributed by atoms with van der Waals surface area (Å²) in [6, 6.07) is 0. The molecule has 62 valence electrons. The van der Waals surface area contributed by atoms with Gasteiger partial charge in [-0.1, -0.05) is 0 Å². The first-order valence-corrected chi connectivity index (χ1v) is 4.56. The quantitative estimate of drug-likeness (QED) is 0.715. The molecule has 0 aliphatic carbocycles. The van der Waals surface area contributed by atoms with Crippen LogP contribution in [0.1, 0.15) is 5.56 Å². The number of aromatic nitrogens is 2. The molecule has 0 unspecified atom stereocenters. The Balaban J connectivity index is 2.75. The lowest BCUT2D eigenvalue weighted by Gasteiger charge is -1.92. The standard InChI is InChI=1S/C7H5ClN2OS/c8-7-9-1-5-6(10-7)4(2-11)3-12-5/h1,3,11H,2H2. The van der Waals surface area contributed by atoms with Crippen LogP contribution in [0.5, 0.6) is 0 Å². The molecule has 0 radical (unpaired) electrons. The predicted molar refractivity (Wildman–Crippen MR) is 48.3 cm³/mol. The summed E-state index contributed by atoms with van der Waals surface area (Å²) < 4.78 is 0.948. The molecule has 0 saturated carbocycles. The molecule has 3 nitrogen and oxygen atoms in total. The van der Waals surface area contributed by atoms with Crippen molar-refractivity contribution in [3.8, 4) is 0 Å². The molecule has 0 fully saturated rings. The largest absolute Gasteiger partial charge is 0.392 e. The molecule has 2 aromatic rings. The summed E-state index contributed by atoms with van der Waals surface area (Å²) in [5.41, 5.74) is 1.56. The van der Waals surface area contributed by atoms with E-state index in [2.05, 4.69) is 9.97 Å². The van der Waals surface area contributed by atoms with E-state index in [0.29, 0.717) is 0 Å². The fourth-order valence-electron chi connectivity index (χ4n) is 0.968. The Morgan fingerprint density at radius 3 is 3.17 bits per heavy atom. The van der Waals surface area contributed by atoms with Crippen LogP contribution >= 0.6 is 22.9 Å². The second-order valence-electron chi connectivity index (χ2n) is 2.27. The molecule has 1 N–H and O–H groups in total. The summed E-state index contributed by atoms with van der Waals surface area (Å²) in [5.74, 6) is 0. The van der Waals surface area contributed by atoms with E-state index in [9.17, 15) is 0 Å². The maximum absolute atomic E-state index is 8.92. The average molecular weight is 201 g/mol. The Labute approximate surface area is 77.7 Å². The first-order valence-electron chi connectivity index (χ1n) is 3.30. The molecule has 12 heavy (non-hydrogen) atoms. The van der Waals surface area contributed by atoms with E-state index in [1.165, 1.54) is 11.3 Å². The molecule has 2 aromatic heterocycles. The van der Waals surface area contributed by atoms with E-state index in [1.54, 1.807) is 6.20 Å². The minimum Gasteiger partial charge on any atom is -0.392 e. The highest BCUT2D eigenvalue weighted by Gasteiger charge is 2.04. The van der Waals surface area contributed by atoms with Gasteiger partial charge in [0.2, 0.25) is 5.28 Å². The monoisotopic (exact) mass is 200 g/mol. The molecule has 5 heteroatoms. The Morgan fingerprint density at radius 2 is 2.42 bits per heavy atom. The van der Waals surface area contributed by atoms with E-state index in [4.69, 9.17) is 16.7 Å². The van der Waals surface area contributed by atoms with Gasteiger partial charge in [-0.25, -0.2) is 9.97 Å². The van der Waals surface area contributed by atoms with Gasteiger partial charge in [-0.2, -0.15) is 0 Å². The maximum atomic E-state index is 8.92. The van der Waals surface area contributed by atoms with Crippen molar-refractivity contribution in [3.63, 3.8) is 0 Å². The number of rotatable bonds is 1. The van der Waals surface area contributed by atoms with Crippen molar-refractivity contribution >= 4 is 33.2 Å². The van der Waals surface area contributed by atoms with Crippen LogP contribution in [0.4, 0.5) is 0 Å².